The molecule has 0 saturated carbocycles. The minimum atomic E-state index is -0.0920. The first-order valence-electron chi connectivity index (χ1n) is 9.03. The molecular formula is C21H29Cl2N3O. The van der Waals surface area contributed by atoms with Crippen molar-refractivity contribution in [3.05, 3.63) is 71.8 Å². The van der Waals surface area contributed by atoms with Crippen molar-refractivity contribution >= 4 is 30.7 Å². The van der Waals surface area contributed by atoms with E-state index in [4.69, 9.17) is 5.73 Å². The summed E-state index contributed by atoms with van der Waals surface area (Å²) < 4.78 is 0. The normalized spacial score (nSPS) is 15.6. The second-order valence-electron chi connectivity index (χ2n) is 6.72. The maximum Gasteiger partial charge on any atom is 0.226 e. The minimum absolute atomic E-state index is 0. The van der Waals surface area contributed by atoms with E-state index in [9.17, 15) is 4.79 Å². The second kappa shape index (κ2) is 11.3. The first-order chi connectivity index (χ1) is 12.2. The zero-order chi connectivity index (χ0) is 17.6. The molecule has 1 fully saturated rings. The van der Waals surface area contributed by atoms with E-state index >= 15 is 0 Å². The highest BCUT2D eigenvalue weighted by Gasteiger charge is 2.29. The molecule has 0 bridgehead atoms. The van der Waals surface area contributed by atoms with Crippen molar-refractivity contribution in [2.75, 3.05) is 32.7 Å². The predicted octanol–water partition coefficient (Wildman–Crippen LogP) is 3.36. The molecule has 3 rings (SSSR count). The predicted molar refractivity (Wildman–Crippen MR) is 116 cm³/mol. The third-order valence-electron chi connectivity index (χ3n) is 5.00. The maximum atomic E-state index is 12.4. The van der Waals surface area contributed by atoms with Crippen molar-refractivity contribution in [3.8, 4) is 0 Å². The molecule has 6 heteroatoms. The molecule has 4 nitrogen and oxygen atoms in total. The number of piperazine rings is 1. The van der Waals surface area contributed by atoms with E-state index in [0.717, 1.165) is 26.2 Å². The Labute approximate surface area is 174 Å². The molecule has 1 heterocycles. The Bertz CT molecular complexity index is 637. The van der Waals surface area contributed by atoms with Gasteiger partial charge in [0.15, 0.2) is 0 Å². The van der Waals surface area contributed by atoms with Crippen LogP contribution in [-0.2, 0) is 4.79 Å². The van der Waals surface area contributed by atoms with Crippen LogP contribution in [-0.4, -0.2) is 48.4 Å². The van der Waals surface area contributed by atoms with E-state index in [-0.39, 0.29) is 42.7 Å². The lowest BCUT2D eigenvalue weighted by Crippen LogP contribution is -2.51. The highest BCUT2D eigenvalue weighted by Crippen LogP contribution is 2.29. The summed E-state index contributed by atoms with van der Waals surface area (Å²) >= 11 is 0. The summed E-state index contributed by atoms with van der Waals surface area (Å²) in [6.07, 6.45) is 0. The van der Waals surface area contributed by atoms with Gasteiger partial charge >= 0.3 is 0 Å². The Kier molecular flexibility index (Phi) is 9.81. The Morgan fingerprint density at radius 2 is 1.33 bits per heavy atom. The average Bonchev–Trinajstić information content (AvgIpc) is 2.69. The van der Waals surface area contributed by atoms with E-state index in [2.05, 4.69) is 65.6 Å². The average molecular weight is 410 g/mol. The van der Waals surface area contributed by atoms with Gasteiger partial charge in [-0.25, -0.2) is 0 Å². The molecule has 1 atom stereocenters. The third-order valence-corrected chi connectivity index (χ3v) is 5.00. The number of halogens is 2. The number of nitrogens with zero attached hydrogens (tertiary/aromatic N) is 2. The van der Waals surface area contributed by atoms with Crippen LogP contribution in [0.1, 0.15) is 24.1 Å². The molecule has 0 aliphatic carbocycles. The van der Waals surface area contributed by atoms with Gasteiger partial charge in [0.1, 0.15) is 0 Å². The summed E-state index contributed by atoms with van der Waals surface area (Å²) in [6.45, 7) is 5.59. The van der Waals surface area contributed by atoms with Crippen molar-refractivity contribution in [1.29, 1.82) is 0 Å². The van der Waals surface area contributed by atoms with E-state index < -0.39 is 0 Å². The zero-order valence-electron chi connectivity index (χ0n) is 15.7. The van der Waals surface area contributed by atoms with E-state index in [1.807, 2.05) is 11.8 Å². The molecule has 0 spiro atoms. The molecule has 1 aliphatic rings. The van der Waals surface area contributed by atoms with Gasteiger partial charge in [-0.2, -0.15) is 0 Å². The first-order valence-corrected chi connectivity index (χ1v) is 9.03. The van der Waals surface area contributed by atoms with Crippen LogP contribution >= 0.6 is 24.8 Å². The highest BCUT2D eigenvalue weighted by atomic mass is 35.5. The van der Waals surface area contributed by atoms with E-state index in [0.29, 0.717) is 6.54 Å². The highest BCUT2D eigenvalue weighted by molar-refractivity contribution is 5.85. The lowest BCUT2D eigenvalue weighted by Gasteiger charge is -2.40. The number of nitrogens with two attached hydrogens (primary N) is 1. The zero-order valence-corrected chi connectivity index (χ0v) is 17.3. The number of hydrogen-bond acceptors (Lipinski definition) is 3. The summed E-state index contributed by atoms with van der Waals surface area (Å²) in [7, 11) is 0. The van der Waals surface area contributed by atoms with Gasteiger partial charge in [-0.3, -0.25) is 9.69 Å². The second-order valence-corrected chi connectivity index (χ2v) is 6.72. The van der Waals surface area contributed by atoms with Gasteiger partial charge in [-0.05, 0) is 11.1 Å². The molecule has 1 amide bonds. The molecule has 0 radical (unpaired) electrons. The van der Waals surface area contributed by atoms with Gasteiger partial charge in [0, 0.05) is 38.6 Å². The van der Waals surface area contributed by atoms with Crippen molar-refractivity contribution < 1.29 is 4.79 Å². The maximum absolute atomic E-state index is 12.4. The SMILES string of the molecule is CC(CN)C(=O)N1CCN(C(c2ccccc2)c2ccccc2)CC1.Cl.Cl. The van der Waals surface area contributed by atoms with Gasteiger partial charge in [0.25, 0.3) is 0 Å². The first kappa shape index (κ1) is 23.4. The van der Waals surface area contributed by atoms with Crippen LogP contribution < -0.4 is 5.73 Å². The summed E-state index contributed by atoms with van der Waals surface area (Å²) in [5.41, 5.74) is 8.24. The van der Waals surface area contributed by atoms with E-state index in [1.165, 1.54) is 11.1 Å². The fourth-order valence-electron chi connectivity index (χ4n) is 3.50. The summed E-state index contributed by atoms with van der Waals surface area (Å²) in [4.78, 5) is 16.8. The fourth-order valence-corrected chi connectivity index (χ4v) is 3.50. The van der Waals surface area contributed by atoms with Crippen molar-refractivity contribution in [1.82, 2.24) is 9.80 Å². The topological polar surface area (TPSA) is 49.6 Å². The van der Waals surface area contributed by atoms with Crippen LogP contribution in [0.3, 0.4) is 0 Å². The van der Waals surface area contributed by atoms with Crippen LogP contribution in [0.15, 0.2) is 60.7 Å². The summed E-state index contributed by atoms with van der Waals surface area (Å²) in [5, 5.41) is 0. The van der Waals surface area contributed by atoms with Gasteiger partial charge < -0.3 is 10.6 Å². The molecule has 2 aromatic carbocycles. The van der Waals surface area contributed by atoms with Crippen molar-refractivity contribution in [3.63, 3.8) is 0 Å². The standard InChI is InChI=1S/C21H27N3O.2ClH/c1-17(16-22)21(25)24-14-12-23(13-15-24)20(18-8-4-2-5-9-18)19-10-6-3-7-11-19;;/h2-11,17,20H,12-16,22H2,1H3;2*1H. The van der Waals surface area contributed by atoms with Crippen LogP contribution in [0.25, 0.3) is 0 Å². The Morgan fingerprint density at radius 3 is 1.74 bits per heavy atom. The number of benzene rings is 2. The van der Waals surface area contributed by atoms with Gasteiger partial charge in [0.05, 0.1) is 6.04 Å². The number of rotatable bonds is 5. The molecule has 1 saturated heterocycles. The molecule has 148 valence electrons. The minimum Gasteiger partial charge on any atom is -0.340 e. The molecule has 0 aromatic heterocycles. The van der Waals surface area contributed by atoms with E-state index in [1.54, 1.807) is 0 Å². The largest absolute Gasteiger partial charge is 0.340 e. The monoisotopic (exact) mass is 409 g/mol. The number of carbonyl (C=O) groups excluding carboxylic acids is 1. The van der Waals surface area contributed by atoms with Crippen LogP contribution in [0.4, 0.5) is 0 Å². The number of hydrogen-bond donors (Lipinski definition) is 1. The third kappa shape index (κ3) is 5.69. The lowest BCUT2D eigenvalue weighted by atomic mass is 9.96. The summed E-state index contributed by atoms with van der Waals surface area (Å²) in [5.74, 6) is 0.0868. The van der Waals surface area contributed by atoms with Gasteiger partial charge in [-0.1, -0.05) is 67.6 Å². The van der Waals surface area contributed by atoms with Gasteiger partial charge in [0.2, 0.25) is 5.91 Å². The number of carbonyl (C=O) groups is 1. The Hall–Kier alpha value is -1.59. The van der Waals surface area contributed by atoms with Crippen LogP contribution in [0.5, 0.6) is 0 Å². The van der Waals surface area contributed by atoms with Crippen molar-refractivity contribution in [2.24, 2.45) is 11.7 Å². The molecule has 1 unspecified atom stereocenters. The van der Waals surface area contributed by atoms with Crippen molar-refractivity contribution in [2.45, 2.75) is 13.0 Å². The van der Waals surface area contributed by atoms with Crippen LogP contribution in [0.2, 0.25) is 0 Å². The van der Waals surface area contributed by atoms with Crippen LogP contribution in [0, 0.1) is 5.92 Å². The molecular weight excluding hydrogens is 381 g/mol. The van der Waals surface area contributed by atoms with Gasteiger partial charge in [-0.15, -0.1) is 24.8 Å². The smallest absolute Gasteiger partial charge is 0.226 e. The molecule has 2 N–H and O–H groups in total. The quantitative estimate of drug-likeness (QED) is 0.823. The molecule has 1 aliphatic heterocycles. The fraction of sp³-hybridized carbons (Fsp3) is 0.381. The Morgan fingerprint density at radius 1 is 0.889 bits per heavy atom. The molecule has 27 heavy (non-hydrogen) atoms. The molecule has 2 aromatic rings. The lowest BCUT2D eigenvalue weighted by molar-refractivity contribution is -0.136. The Balaban J connectivity index is 0.00000182. The summed E-state index contributed by atoms with van der Waals surface area (Å²) in [6, 6.07) is 21.4. The number of amides is 1.